The second-order valence-electron chi connectivity index (χ2n) is 4.41. The van der Waals surface area contributed by atoms with Gasteiger partial charge in [0.1, 0.15) is 10.7 Å². The van der Waals surface area contributed by atoms with E-state index in [4.69, 9.17) is 9.84 Å². The normalized spacial score (nSPS) is 19.8. The number of ether oxygens (including phenoxy) is 1. The Morgan fingerprint density at radius 1 is 1.47 bits per heavy atom. The van der Waals surface area contributed by atoms with Crippen LogP contribution in [0.4, 0.5) is 4.39 Å². The molecule has 106 valence electrons. The van der Waals surface area contributed by atoms with Gasteiger partial charge in [0.2, 0.25) is 10.0 Å². The summed E-state index contributed by atoms with van der Waals surface area (Å²) in [6.07, 6.45) is 1.54. The summed E-state index contributed by atoms with van der Waals surface area (Å²) < 4.78 is 45.2. The minimum absolute atomic E-state index is 0.130. The molecule has 0 saturated carbocycles. The molecule has 2 rings (SSSR count). The smallest absolute Gasteiger partial charge is 0.243 e. The zero-order valence-corrected chi connectivity index (χ0v) is 11.1. The van der Waals surface area contributed by atoms with Gasteiger partial charge in [-0.05, 0) is 30.5 Å². The first-order valence-corrected chi connectivity index (χ1v) is 7.52. The van der Waals surface area contributed by atoms with Gasteiger partial charge < -0.3 is 9.84 Å². The molecule has 1 atom stereocenters. The number of hydrogen-bond donors (Lipinski definition) is 2. The van der Waals surface area contributed by atoms with Crippen LogP contribution in [0.5, 0.6) is 0 Å². The fraction of sp³-hybridized carbons (Fsp3) is 0.500. The average molecular weight is 289 g/mol. The molecule has 1 aromatic carbocycles. The van der Waals surface area contributed by atoms with Crippen molar-refractivity contribution < 1.29 is 22.7 Å². The quantitative estimate of drug-likeness (QED) is 0.840. The summed E-state index contributed by atoms with van der Waals surface area (Å²) in [5, 5.41) is 8.96. The second-order valence-corrected chi connectivity index (χ2v) is 6.15. The summed E-state index contributed by atoms with van der Waals surface area (Å²) in [4.78, 5) is -0.447. The molecule has 1 aliphatic rings. The highest BCUT2D eigenvalue weighted by Gasteiger charge is 2.23. The lowest BCUT2D eigenvalue weighted by atomic mass is 10.2. The lowest BCUT2D eigenvalue weighted by molar-refractivity contribution is 0.114. The van der Waals surface area contributed by atoms with E-state index < -0.39 is 20.7 Å². The Kier molecular flexibility index (Phi) is 4.51. The Morgan fingerprint density at radius 2 is 2.26 bits per heavy atom. The van der Waals surface area contributed by atoms with E-state index in [1.165, 1.54) is 6.07 Å². The van der Waals surface area contributed by atoms with Crippen molar-refractivity contribution in [1.29, 1.82) is 0 Å². The molecular weight excluding hydrogens is 273 g/mol. The first kappa shape index (κ1) is 14.4. The van der Waals surface area contributed by atoms with Gasteiger partial charge >= 0.3 is 0 Å². The van der Waals surface area contributed by atoms with Gasteiger partial charge in [0, 0.05) is 13.2 Å². The van der Waals surface area contributed by atoms with E-state index in [1.54, 1.807) is 0 Å². The highest BCUT2D eigenvalue weighted by molar-refractivity contribution is 7.89. The largest absolute Gasteiger partial charge is 0.392 e. The summed E-state index contributed by atoms with van der Waals surface area (Å²) in [6, 6.07) is 3.51. The van der Waals surface area contributed by atoms with Crippen molar-refractivity contribution in [3.63, 3.8) is 0 Å². The fourth-order valence-corrected chi connectivity index (χ4v) is 3.13. The Labute approximate surface area is 111 Å². The maximum atomic E-state index is 13.6. The number of nitrogens with one attached hydrogen (secondary N) is 1. The number of halogens is 1. The molecule has 0 bridgehead atoms. The first-order chi connectivity index (χ1) is 9.03. The van der Waals surface area contributed by atoms with Gasteiger partial charge in [0.15, 0.2) is 0 Å². The van der Waals surface area contributed by atoms with Gasteiger partial charge in [-0.25, -0.2) is 17.5 Å². The summed E-state index contributed by atoms with van der Waals surface area (Å²) in [7, 11) is -3.93. The lowest BCUT2D eigenvalue weighted by Crippen LogP contribution is -2.32. The molecule has 7 heteroatoms. The van der Waals surface area contributed by atoms with Crippen molar-refractivity contribution >= 4 is 10.0 Å². The van der Waals surface area contributed by atoms with E-state index in [-0.39, 0.29) is 19.3 Å². The van der Waals surface area contributed by atoms with Crippen molar-refractivity contribution in [1.82, 2.24) is 4.72 Å². The van der Waals surface area contributed by atoms with Crippen molar-refractivity contribution in [3.05, 3.63) is 29.6 Å². The minimum atomic E-state index is -3.93. The van der Waals surface area contributed by atoms with Gasteiger partial charge in [-0.2, -0.15) is 0 Å². The molecule has 0 aliphatic carbocycles. The third kappa shape index (κ3) is 3.50. The van der Waals surface area contributed by atoms with Gasteiger partial charge in [-0.15, -0.1) is 0 Å². The highest BCUT2D eigenvalue weighted by atomic mass is 32.2. The van der Waals surface area contributed by atoms with Crippen LogP contribution in [0.15, 0.2) is 23.1 Å². The Bertz CT molecular complexity index is 541. The van der Waals surface area contributed by atoms with E-state index in [2.05, 4.69) is 4.72 Å². The van der Waals surface area contributed by atoms with Crippen LogP contribution < -0.4 is 4.72 Å². The topological polar surface area (TPSA) is 75.6 Å². The molecule has 0 aromatic heterocycles. The average Bonchev–Trinajstić information content (AvgIpc) is 2.90. The van der Waals surface area contributed by atoms with Crippen molar-refractivity contribution in [2.45, 2.75) is 30.4 Å². The zero-order valence-electron chi connectivity index (χ0n) is 10.3. The van der Waals surface area contributed by atoms with Gasteiger partial charge in [-0.3, -0.25) is 0 Å². The molecule has 2 N–H and O–H groups in total. The van der Waals surface area contributed by atoms with E-state index in [1.807, 2.05) is 0 Å². The van der Waals surface area contributed by atoms with E-state index in [9.17, 15) is 12.8 Å². The summed E-state index contributed by atoms with van der Waals surface area (Å²) in [5.74, 6) is -0.836. The molecule has 1 saturated heterocycles. The molecule has 1 aliphatic heterocycles. The predicted molar refractivity (Wildman–Crippen MR) is 66.5 cm³/mol. The number of hydrogen-bond acceptors (Lipinski definition) is 4. The zero-order chi connectivity index (χ0) is 13.9. The minimum Gasteiger partial charge on any atom is -0.392 e. The van der Waals surface area contributed by atoms with Gasteiger partial charge in [-0.1, -0.05) is 6.07 Å². The summed E-state index contributed by atoms with van der Waals surface area (Å²) in [6.45, 7) is 0.417. The van der Waals surface area contributed by atoms with E-state index in [0.29, 0.717) is 12.2 Å². The van der Waals surface area contributed by atoms with Crippen LogP contribution in [0.1, 0.15) is 18.4 Å². The lowest BCUT2D eigenvalue weighted by Gasteiger charge is -2.12. The van der Waals surface area contributed by atoms with Crippen LogP contribution in [-0.2, 0) is 21.4 Å². The summed E-state index contributed by atoms with van der Waals surface area (Å²) >= 11 is 0. The standard InChI is InChI=1S/C12H16FNO4S/c13-11-4-3-9(8-15)6-12(11)19(16,17)14-7-10-2-1-5-18-10/h3-4,6,10,14-15H,1-2,5,7-8H2. The van der Waals surface area contributed by atoms with Gasteiger partial charge in [0.25, 0.3) is 0 Å². The fourth-order valence-electron chi connectivity index (χ4n) is 1.94. The molecule has 0 radical (unpaired) electrons. The van der Waals surface area contributed by atoms with Crippen molar-refractivity contribution in [2.24, 2.45) is 0 Å². The molecule has 1 fully saturated rings. The maximum Gasteiger partial charge on any atom is 0.243 e. The number of aliphatic hydroxyl groups excluding tert-OH is 1. The van der Waals surface area contributed by atoms with Crippen molar-refractivity contribution in [3.8, 4) is 0 Å². The number of aliphatic hydroxyl groups is 1. The monoisotopic (exact) mass is 289 g/mol. The molecule has 5 nitrogen and oxygen atoms in total. The first-order valence-electron chi connectivity index (χ1n) is 6.03. The highest BCUT2D eigenvalue weighted by Crippen LogP contribution is 2.17. The van der Waals surface area contributed by atoms with Crippen molar-refractivity contribution in [2.75, 3.05) is 13.2 Å². The number of rotatable bonds is 5. The van der Waals surface area contributed by atoms with Crippen LogP contribution in [0.3, 0.4) is 0 Å². The Balaban J connectivity index is 2.13. The van der Waals surface area contributed by atoms with E-state index in [0.717, 1.165) is 25.0 Å². The van der Waals surface area contributed by atoms with E-state index >= 15 is 0 Å². The Hall–Kier alpha value is -1.02. The van der Waals surface area contributed by atoms with Crippen LogP contribution in [0.25, 0.3) is 0 Å². The second kappa shape index (κ2) is 5.96. The van der Waals surface area contributed by atoms with Crippen LogP contribution in [0, 0.1) is 5.82 Å². The number of sulfonamides is 1. The molecule has 1 heterocycles. The maximum absolute atomic E-state index is 13.6. The Morgan fingerprint density at radius 3 is 2.89 bits per heavy atom. The summed E-state index contributed by atoms with van der Waals surface area (Å²) in [5.41, 5.74) is 0.346. The molecule has 0 amide bonds. The number of benzene rings is 1. The SMILES string of the molecule is O=S(=O)(NCC1CCCO1)c1cc(CO)ccc1F. The predicted octanol–water partition coefficient (Wildman–Crippen LogP) is 0.775. The van der Waals surface area contributed by atoms with Crippen LogP contribution in [-0.4, -0.2) is 32.8 Å². The molecule has 19 heavy (non-hydrogen) atoms. The molecular formula is C12H16FNO4S. The third-order valence-corrected chi connectivity index (χ3v) is 4.43. The van der Waals surface area contributed by atoms with Crippen LogP contribution >= 0.6 is 0 Å². The molecule has 1 unspecified atom stereocenters. The molecule has 0 spiro atoms. The van der Waals surface area contributed by atoms with Gasteiger partial charge in [0.05, 0.1) is 12.7 Å². The third-order valence-electron chi connectivity index (χ3n) is 2.99. The van der Waals surface area contributed by atoms with Crippen LogP contribution in [0.2, 0.25) is 0 Å². The molecule has 1 aromatic rings.